The Morgan fingerprint density at radius 2 is 1.86 bits per heavy atom. The molecule has 22 heavy (non-hydrogen) atoms. The predicted octanol–water partition coefficient (Wildman–Crippen LogP) is 0.645. The van der Waals surface area contributed by atoms with Crippen molar-refractivity contribution in [2.24, 2.45) is 0 Å². The minimum atomic E-state index is -0.962. The Hall–Kier alpha value is -2.44. The Balaban J connectivity index is 1.94. The Kier molecular flexibility index (Phi) is 4.16. The first-order valence-corrected chi connectivity index (χ1v) is 7.04. The molecule has 0 unspecified atom stereocenters. The summed E-state index contributed by atoms with van der Waals surface area (Å²) in [5.41, 5.74) is 1.72. The van der Waals surface area contributed by atoms with E-state index >= 15 is 0 Å². The number of pyridine rings is 1. The summed E-state index contributed by atoms with van der Waals surface area (Å²) < 4.78 is 0. The van der Waals surface area contributed by atoms with E-state index in [0.29, 0.717) is 6.54 Å². The van der Waals surface area contributed by atoms with Crippen molar-refractivity contribution in [3.8, 4) is 0 Å². The first-order valence-electron chi connectivity index (χ1n) is 7.04. The first-order chi connectivity index (χ1) is 10.2. The number of rotatable bonds is 4. The molecule has 7 nitrogen and oxygen atoms in total. The van der Waals surface area contributed by atoms with Gasteiger partial charge in [0.05, 0.1) is 0 Å². The number of carbonyl (C=O) groups is 3. The van der Waals surface area contributed by atoms with Gasteiger partial charge in [-0.2, -0.15) is 0 Å². The van der Waals surface area contributed by atoms with Gasteiger partial charge in [0.25, 0.3) is 5.91 Å². The summed E-state index contributed by atoms with van der Waals surface area (Å²) in [5, 5.41) is 5.24. The second kappa shape index (κ2) is 5.75. The van der Waals surface area contributed by atoms with Crippen LogP contribution in [0.15, 0.2) is 12.1 Å². The SMILES string of the molecule is Cc1cc(CNC(=O)CN2C(=O)NC(C)(C)C2=O)cc(C)n1. The first kappa shape index (κ1) is 15.9. The van der Waals surface area contributed by atoms with E-state index < -0.39 is 17.5 Å². The van der Waals surface area contributed by atoms with Crippen LogP contribution in [-0.2, 0) is 16.1 Å². The van der Waals surface area contributed by atoms with Crippen LogP contribution in [0.25, 0.3) is 0 Å². The van der Waals surface area contributed by atoms with E-state index in [-0.39, 0.29) is 12.5 Å². The minimum Gasteiger partial charge on any atom is -0.350 e. The second-order valence-corrected chi connectivity index (χ2v) is 5.98. The topological polar surface area (TPSA) is 91.4 Å². The molecule has 1 aliphatic heterocycles. The number of urea groups is 1. The Morgan fingerprint density at radius 1 is 1.27 bits per heavy atom. The summed E-state index contributed by atoms with van der Waals surface area (Å²) in [7, 11) is 0. The summed E-state index contributed by atoms with van der Waals surface area (Å²) in [6, 6.07) is 3.22. The van der Waals surface area contributed by atoms with Gasteiger partial charge in [-0.15, -0.1) is 0 Å². The molecule has 118 valence electrons. The number of amides is 4. The predicted molar refractivity (Wildman–Crippen MR) is 79.9 cm³/mol. The molecular weight excluding hydrogens is 284 g/mol. The smallest absolute Gasteiger partial charge is 0.325 e. The third-order valence-corrected chi connectivity index (χ3v) is 3.38. The van der Waals surface area contributed by atoms with Crippen LogP contribution in [0.1, 0.15) is 30.8 Å². The highest BCUT2D eigenvalue weighted by molar-refractivity contribution is 6.08. The summed E-state index contributed by atoms with van der Waals surface area (Å²) in [5.74, 6) is -0.781. The molecule has 0 spiro atoms. The lowest BCUT2D eigenvalue weighted by molar-refractivity contribution is -0.134. The zero-order valence-corrected chi connectivity index (χ0v) is 13.2. The molecule has 1 fully saturated rings. The van der Waals surface area contributed by atoms with Crippen LogP contribution in [-0.4, -0.2) is 39.8 Å². The van der Waals surface area contributed by atoms with Gasteiger partial charge in [-0.05, 0) is 45.4 Å². The molecule has 2 heterocycles. The standard InChI is InChI=1S/C15H20N4O3/c1-9-5-11(6-10(2)17-9)7-16-12(20)8-19-13(21)15(3,4)18-14(19)22/h5-6H,7-8H2,1-4H3,(H,16,20)(H,18,22). The van der Waals surface area contributed by atoms with Crippen molar-refractivity contribution >= 4 is 17.8 Å². The fourth-order valence-electron chi connectivity index (χ4n) is 2.38. The zero-order valence-electron chi connectivity index (χ0n) is 13.2. The van der Waals surface area contributed by atoms with Gasteiger partial charge in [-0.1, -0.05) is 0 Å². The highest BCUT2D eigenvalue weighted by Crippen LogP contribution is 2.16. The number of aryl methyl sites for hydroxylation is 2. The molecule has 7 heteroatoms. The van der Waals surface area contributed by atoms with Crippen molar-refractivity contribution in [3.63, 3.8) is 0 Å². The lowest BCUT2D eigenvalue weighted by Gasteiger charge is -2.15. The molecular formula is C15H20N4O3. The number of hydrogen-bond acceptors (Lipinski definition) is 4. The highest BCUT2D eigenvalue weighted by Gasteiger charge is 2.44. The molecule has 0 radical (unpaired) electrons. The maximum Gasteiger partial charge on any atom is 0.325 e. The van der Waals surface area contributed by atoms with Gasteiger partial charge < -0.3 is 10.6 Å². The Morgan fingerprint density at radius 3 is 2.36 bits per heavy atom. The average Bonchev–Trinajstić information content (AvgIpc) is 2.57. The number of hydrogen-bond donors (Lipinski definition) is 2. The van der Waals surface area contributed by atoms with E-state index in [9.17, 15) is 14.4 Å². The largest absolute Gasteiger partial charge is 0.350 e. The van der Waals surface area contributed by atoms with Crippen molar-refractivity contribution in [3.05, 3.63) is 29.1 Å². The Bertz CT molecular complexity index is 619. The van der Waals surface area contributed by atoms with E-state index in [1.807, 2.05) is 26.0 Å². The van der Waals surface area contributed by atoms with Gasteiger partial charge in [0.15, 0.2) is 0 Å². The zero-order chi connectivity index (χ0) is 16.5. The van der Waals surface area contributed by atoms with Crippen molar-refractivity contribution in [1.82, 2.24) is 20.5 Å². The van der Waals surface area contributed by atoms with E-state index in [2.05, 4.69) is 15.6 Å². The van der Waals surface area contributed by atoms with Crippen molar-refractivity contribution in [2.75, 3.05) is 6.54 Å². The van der Waals surface area contributed by atoms with E-state index in [1.165, 1.54) is 0 Å². The van der Waals surface area contributed by atoms with Crippen LogP contribution in [0, 0.1) is 13.8 Å². The normalized spacial score (nSPS) is 16.6. The maximum atomic E-state index is 12.0. The third-order valence-electron chi connectivity index (χ3n) is 3.38. The highest BCUT2D eigenvalue weighted by atomic mass is 16.2. The van der Waals surface area contributed by atoms with Crippen LogP contribution in [0.5, 0.6) is 0 Å². The molecule has 1 aromatic rings. The van der Waals surface area contributed by atoms with Crippen molar-refractivity contribution in [1.29, 1.82) is 0 Å². The molecule has 0 saturated carbocycles. The molecule has 0 aliphatic carbocycles. The van der Waals surface area contributed by atoms with E-state index in [4.69, 9.17) is 0 Å². The lowest BCUT2D eigenvalue weighted by Crippen LogP contribution is -2.43. The van der Waals surface area contributed by atoms with E-state index in [1.54, 1.807) is 13.8 Å². The monoisotopic (exact) mass is 304 g/mol. The van der Waals surface area contributed by atoms with Crippen LogP contribution in [0.3, 0.4) is 0 Å². The number of imide groups is 1. The van der Waals surface area contributed by atoms with E-state index in [0.717, 1.165) is 21.9 Å². The van der Waals surface area contributed by atoms with Gasteiger partial charge in [0.2, 0.25) is 5.91 Å². The van der Waals surface area contributed by atoms with Gasteiger partial charge in [0.1, 0.15) is 12.1 Å². The third kappa shape index (κ3) is 3.41. The molecule has 1 aromatic heterocycles. The molecule has 0 atom stereocenters. The number of nitrogens with one attached hydrogen (secondary N) is 2. The summed E-state index contributed by atoms with van der Waals surface area (Å²) in [6.07, 6.45) is 0. The number of aromatic nitrogens is 1. The lowest BCUT2D eigenvalue weighted by atomic mass is 10.1. The van der Waals surface area contributed by atoms with Gasteiger partial charge in [-0.25, -0.2) is 4.79 Å². The quantitative estimate of drug-likeness (QED) is 0.799. The molecule has 2 N–H and O–H groups in total. The van der Waals surface area contributed by atoms with Gasteiger partial charge >= 0.3 is 6.03 Å². The number of nitrogens with zero attached hydrogens (tertiary/aromatic N) is 2. The molecule has 1 aliphatic rings. The summed E-state index contributed by atoms with van der Waals surface area (Å²) in [4.78, 5) is 40.8. The maximum absolute atomic E-state index is 12.0. The molecule has 0 aromatic carbocycles. The van der Waals surface area contributed by atoms with Crippen LogP contribution in [0.4, 0.5) is 4.79 Å². The number of carbonyl (C=O) groups excluding carboxylic acids is 3. The van der Waals surface area contributed by atoms with Gasteiger partial charge in [0, 0.05) is 17.9 Å². The van der Waals surface area contributed by atoms with Crippen LogP contribution in [0.2, 0.25) is 0 Å². The Labute approximate surface area is 129 Å². The molecule has 4 amide bonds. The van der Waals surface area contributed by atoms with Crippen molar-refractivity contribution < 1.29 is 14.4 Å². The van der Waals surface area contributed by atoms with Gasteiger partial charge in [-0.3, -0.25) is 19.5 Å². The van der Waals surface area contributed by atoms with Crippen molar-refractivity contribution in [2.45, 2.75) is 39.8 Å². The molecule has 0 bridgehead atoms. The fourth-order valence-corrected chi connectivity index (χ4v) is 2.38. The fraction of sp³-hybridized carbons (Fsp3) is 0.467. The molecule has 1 saturated heterocycles. The minimum absolute atomic E-state index is 0.281. The summed E-state index contributed by atoms with van der Waals surface area (Å²) >= 11 is 0. The summed E-state index contributed by atoms with van der Waals surface area (Å²) in [6.45, 7) is 7.02. The second-order valence-electron chi connectivity index (χ2n) is 5.98. The van der Waals surface area contributed by atoms with Crippen LogP contribution < -0.4 is 10.6 Å². The van der Waals surface area contributed by atoms with Crippen LogP contribution >= 0.6 is 0 Å². The average molecular weight is 304 g/mol. The molecule has 2 rings (SSSR count).